The molecule has 3 rings (SSSR count). The fraction of sp³-hybridized carbons (Fsp3) is 0.800. The Bertz CT molecular complexity index is 433. The third-order valence-electron chi connectivity index (χ3n) is 6.25. The maximum absolute atomic E-state index is 2.73. The van der Waals surface area contributed by atoms with Crippen molar-refractivity contribution in [1.82, 2.24) is 9.80 Å². The van der Waals surface area contributed by atoms with E-state index in [1.54, 1.807) is 11.1 Å². The van der Waals surface area contributed by atoms with Crippen LogP contribution in [0, 0.1) is 11.8 Å². The highest BCUT2D eigenvalue weighted by atomic mass is 15.3. The quantitative estimate of drug-likeness (QED) is 0.760. The smallest absolute Gasteiger partial charge is 0.0355 e. The highest BCUT2D eigenvalue weighted by Crippen LogP contribution is 2.30. The van der Waals surface area contributed by atoms with Gasteiger partial charge in [-0.1, -0.05) is 31.4 Å². The fourth-order valence-electron chi connectivity index (χ4n) is 4.40. The molecule has 1 aliphatic heterocycles. The van der Waals surface area contributed by atoms with Crippen molar-refractivity contribution < 1.29 is 0 Å². The van der Waals surface area contributed by atoms with E-state index in [9.17, 15) is 0 Å². The van der Waals surface area contributed by atoms with Crippen LogP contribution >= 0.6 is 0 Å². The first-order valence-electron chi connectivity index (χ1n) is 9.47. The van der Waals surface area contributed by atoms with Crippen LogP contribution < -0.4 is 0 Å². The molecule has 2 nitrogen and oxygen atoms in total. The van der Waals surface area contributed by atoms with Crippen LogP contribution in [-0.2, 0) is 0 Å². The molecule has 0 bridgehead atoms. The van der Waals surface area contributed by atoms with Crippen molar-refractivity contribution in [3.05, 3.63) is 22.9 Å². The molecular weight excluding hydrogens is 268 g/mol. The Balaban J connectivity index is 1.47. The van der Waals surface area contributed by atoms with E-state index < -0.39 is 0 Å². The van der Waals surface area contributed by atoms with Gasteiger partial charge in [0.05, 0.1) is 0 Å². The molecule has 3 aliphatic rings. The molecule has 2 aliphatic carbocycles. The van der Waals surface area contributed by atoms with Crippen LogP contribution in [0.4, 0.5) is 0 Å². The van der Waals surface area contributed by atoms with Gasteiger partial charge in [0.15, 0.2) is 0 Å². The summed E-state index contributed by atoms with van der Waals surface area (Å²) in [7, 11) is 0. The van der Waals surface area contributed by atoms with Gasteiger partial charge in [0, 0.05) is 38.4 Å². The Kier molecular flexibility index (Phi) is 5.28. The van der Waals surface area contributed by atoms with Crippen LogP contribution in [-0.4, -0.2) is 42.5 Å². The van der Waals surface area contributed by atoms with Gasteiger partial charge in [-0.05, 0) is 56.9 Å². The fourth-order valence-corrected chi connectivity index (χ4v) is 4.40. The van der Waals surface area contributed by atoms with Crippen LogP contribution in [0.1, 0.15) is 59.3 Å². The van der Waals surface area contributed by atoms with Crippen molar-refractivity contribution in [3.63, 3.8) is 0 Å². The van der Waals surface area contributed by atoms with Crippen molar-refractivity contribution in [2.45, 2.75) is 59.3 Å². The standard InChI is InChI=1S/C20H34N2/c1-16-7-9-19(10-8-16)15-21-11-13-22(14-12-21)20-6-4-5-17(2)18(20)3/h6,16,19H,4-5,7-15H2,1-3H3. The highest BCUT2D eigenvalue weighted by Gasteiger charge is 2.25. The Morgan fingerprint density at radius 1 is 1.00 bits per heavy atom. The summed E-state index contributed by atoms with van der Waals surface area (Å²) in [4.78, 5) is 5.36. The van der Waals surface area contributed by atoms with Crippen molar-refractivity contribution in [2.24, 2.45) is 11.8 Å². The summed E-state index contributed by atoms with van der Waals surface area (Å²) in [5.41, 5.74) is 4.67. The molecule has 0 spiro atoms. The van der Waals surface area contributed by atoms with E-state index in [2.05, 4.69) is 36.6 Å². The van der Waals surface area contributed by atoms with Gasteiger partial charge < -0.3 is 4.90 Å². The average molecular weight is 303 g/mol. The Morgan fingerprint density at radius 2 is 1.68 bits per heavy atom. The van der Waals surface area contributed by atoms with E-state index in [-0.39, 0.29) is 0 Å². The van der Waals surface area contributed by atoms with Gasteiger partial charge in [0.25, 0.3) is 0 Å². The van der Waals surface area contributed by atoms with E-state index >= 15 is 0 Å². The first-order chi connectivity index (χ1) is 10.6. The molecule has 0 aromatic carbocycles. The molecule has 2 heteroatoms. The molecule has 0 atom stereocenters. The zero-order valence-corrected chi connectivity index (χ0v) is 14.9. The van der Waals surface area contributed by atoms with Gasteiger partial charge >= 0.3 is 0 Å². The molecule has 0 aromatic rings. The number of piperazine rings is 1. The molecule has 0 aromatic heterocycles. The first kappa shape index (κ1) is 16.1. The second kappa shape index (κ2) is 7.21. The zero-order chi connectivity index (χ0) is 15.5. The number of allylic oxidation sites excluding steroid dienone is 3. The molecule has 1 heterocycles. The molecule has 1 saturated carbocycles. The van der Waals surface area contributed by atoms with Gasteiger partial charge in [-0.2, -0.15) is 0 Å². The summed E-state index contributed by atoms with van der Waals surface area (Å²) in [5.74, 6) is 1.95. The minimum Gasteiger partial charge on any atom is -0.369 e. The monoisotopic (exact) mass is 302 g/mol. The normalized spacial score (nSPS) is 31.4. The van der Waals surface area contributed by atoms with Crippen molar-refractivity contribution in [1.29, 1.82) is 0 Å². The molecule has 22 heavy (non-hydrogen) atoms. The van der Waals surface area contributed by atoms with Crippen molar-refractivity contribution in [2.75, 3.05) is 32.7 Å². The third-order valence-corrected chi connectivity index (χ3v) is 6.25. The number of hydrogen-bond donors (Lipinski definition) is 0. The van der Waals surface area contributed by atoms with Gasteiger partial charge in [-0.15, -0.1) is 0 Å². The molecule has 1 saturated heterocycles. The topological polar surface area (TPSA) is 6.48 Å². The zero-order valence-electron chi connectivity index (χ0n) is 14.9. The first-order valence-corrected chi connectivity index (χ1v) is 9.47. The van der Waals surface area contributed by atoms with Crippen molar-refractivity contribution in [3.8, 4) is 0 Å². The molecular formula is C20H34N2. The number of rotatable bonds is 3. The largest absolute Gasteiger partial charge is 0.369 e. The number of hydrogen-bond acceptors (Lipinski definition) is 2. The van der Waals surface area contributed by atoms with E-state index in [4.69, 9.17) is 0 Å². The molecule has 124 valence electrons. The third kappa shape index (κ3) is 3.76. The van der Waals surface area contributed by atoms with E-state index in [1.807, 2.05) is 0 Å². The van der Waals surface area contributed by atoms with Gasteiger partial charge in [0.2, 0.25) is 0 Å². The van der Waals surface area contributed by atoms with Crippen LogP contribution in [0.15, 0.2) is 22.9 Å². The maximum Gasteiger partial charge on any atom is 0.0355 e. The Labute approximate surface area is 137 Å². The van der Waals surface area contributed by atoms with Gasteiger partial charge in [0.1, 0.15) is 0 Å². The van der Waals surface area contributed by atoms with Gasteiger partial charge in [-0.25, -0.2) is 0 Å². The van der Waals surface area contributed by atoms with Gasteiger partial charge in [-0.3, -0.25) is 4.90 Å². The van der Waals surface area contributed by atoms with E-state index in [0.29, 0.717) is 0 Å². The lowest BCUT2D eigenvalue weighted by atomic mass is 9.83. The molecule has 2 fully saturated rings. The van der Waals surface area contributed by atoms with Crippen LogP contribution in [0.5, 0.6) is 0 Å². The van der Waals surface area contributed by atoms with E-state index in [0.717, 1.165) is 11.8 Å². The summed E-state index contributed by atoms with van der Waals surface area (Å²) in [6, 6.07) is 0. The lowest BCUT2D eigenvalue weighted by molar-refractivity contribution is 0.124. The Morgan fingerprint density at radius 3 is 2.36 bits per heavy atom. The summed E-state index contributed by atoms with van der Waals surface area (Å²) in [5, 5.41) is 0. The maximum atomic E-state index is 2.73. The molecule has 0 amide bonds. The Hall–Kier alpha value is -0.760. The summed E-state index contributed by atoms with van der Waals surface area (Å²) in [6.07, 6.45) is 10.8. The summed E-state index contributed by atoms with van der Waals surface area (Å²) in [6.45, 7) is 13.4. The molecule has 0 N–H and O–H groups in total. The average Bonchev–Trinajstić information content (AvgIpc) is 2.53. The number of nitrogens with zero attached hydrogens (tertiary/aromatic N) is 2. The minimum absolute atomic E-state index is 0.973. The highest BCUT2D eigenvalue weighted by molar-refractivity contribution is 5.35. The predicted molar refractivity (Wildman–Crippen MR) is 94.8 cm³/mol. The summed E-state index contributed by atoms with van der Waals surface area (Å²) < 4.78 is 0. The van der Waals surface area contributed by atoms with E-state index in [1.165, 1.54) is 76.9 Å². The summed E-state index contributed by atoms with van der Waals surface area (Å²) >= 11 is 0. The van der Waals surface area contributed by atoms with Crippen LogP contribution in [0.2, 0.25) is 0 Å². The van der Waals surface area contributed by atoms with Crippen LogP contribution in [0.25, 0.3) is 0 Å². The second-order valence-corrected chi connectivity index (χ2v) is 7.95. The van der Waals surface area contributed by atoms with Crippen molar-refractivity contribution >= 4 is 0 Å². The minimum atomic E-state index is 0.973. The second-order valence-electron chi connectivity index (χ2n) is 7.95. The van der Waals surface area contributed by atoms with Crippen LogP contribution in [0.3, 0.4) is 0 Å². The molecule has 0 unspecified atom stereocenters. The SMILES string of the molecule is CC1=C(C)C(N2CCN(CC3CCC(C)CC3)CC2)=CCC1. The predicted octanol–water partition coefficient (Wildman–Crippen LogP) is 4.44. The molecule has 0 radical (unpaired) electrons. The lowest BCUT2D eigenvalue weighted by Gasteiger charge is -2.40. The lowest BCUT2D eigenvalue weighted by Crippen LogP contribution is -2.47.